The highest BCUT2D eigenvalue weighted by Crippen LogP contribution is 2.51. The summed E-state index contributed by atoms with van der Waals surface area (Å²) < 4.78 is 66.1. The number of carbonyl (C=O) groups excluding carboxylic acids is 2. The van der Waals surface area contributed by atoms with Gasteiger partial charge in [0, 0.05) is 13.1 Å². The summed E-state index contributed by atoms with van der Waals surface area (Å²) in [6, 6.07) is 24.8. The maximum atomic E-state index is 13.8. The molecule has 4 rings (SSSR count). The lowest BCUT2D eigenvalue weighted by Crippen LogP contribution is -2.56. The summed E-state index contributed by atoms with van der Waals surface area (Å²) in [6.07, 6.45) is 0.271. The van der Waals surface area contributed by atoms with Crippen molar-refractivity contribution in [3.05, 3.63) is 108 Å². The summed E-state index contributed by atoms with van der Waals surface area (Å²) in [6.45, 7) is 3.68. The van der Waals surface area contributed by atoms with Crippen LogP contribution in [0, 0.1) is 5.92 Å². The number of phosphoric acid groups is 1. The molecule has 48 heavy (non-hydrogen) atoms. The number of Topliss-reactive ketones (excluding diaryl/α,β-unsaturated/α-hetero) is 1. The molecule has 2 N–H and O–H groups in total. The van der Waals surface area contributed by atoms with Gasteiger partial charge in [-0.2, -0.15) is 17.4 Å². The summed E-state index contributed by atoms with van der Waals surface area (Å²) in [5, 5.41) is 2.74. The topological polar surface area (TPSA) is 150 Å². The first-order valence-corrected chi connectivity index (χ1v) is 18.8. The highest BCUT2D eigenvalue weighted by Gasteiger charge is 2.34. The van der Waals surface area contributed by atoms with Gasteiger partial charge in [-0.05, 0) is 35.4 Å². The molecule has 14 heteroatoms. The number of benzene rings is 3. The average molecular weight is 702 g/mol. The van der Waals surface area contributed by atoms with Crippen molar-refractivity contribution in [2.24, 2.45) is 5.92 Å². The summed E-state index contributed by atoms with van der Waals surface area (Å²) in [7, 11) is -8.30. The predicted molar refractivity (Wildman–Crippen MR) is 181 cm³/mol. The smallest absolute Gasteiger partial charge is 0.379 e. The maximum absolute atomic E-state index is 13.8. The lowest BCUT2D eigenvalue weighted by atomic mass is 10.0. The maximum Gasteiger partial charge on any atom is 0.475 e. The van der Waals surface area contributed by atoms with Gasteiger partial charge in [-0.25, -0.2) is 4.57 Å². The van der Waals surface area contributed by atoms with Crippen LogP contribution in [-0.2, 0) is 62.3 Å². The number of rotatable bonds is 19. The summed E-state index contributed by atoms with van der Waals surface area (Å²) >= 11 is 0. The second kappa shape index (κ2) is 18.5. The number of carbonyl (C=O) groups is 2. The predicted octanol–water partition coefficient (Wildman–Crippen LogP) is 4.42. The van der Waals surface area contributed by atoms with Gasteiger partial charge < -0.3 is 10.1 Å². The minimum absolute atomic E-state index is 0.0471. The number of hydrogen-bond donors (Lipinski definition) is 2. The lowest BCUT2D eigenvalue weighted by molar-refractivity contribution is -0.130. The van der Waals surface area contributed by atoms with Gasteiger partial charge >= 0.3 is 7.82 Å². The van der Waals surface area contributed by atoms with E-state index in [1.165, 1.54) is 4.31 Å². The van der Waals surface area contributed by atoms with E-state index in [4.69, 9.17) is 18.3 Å². The molecule has 0 aliphatic carbocycles. The molecule has 1 saturated heterocycles. The van der Waals surface area contributed by atoms with Crippen molar-refractivity contribution in [2.45, 2.75) is 52.0 Å². The molecule has 1 heterocycles. The minimum Gasteiger partial charge on any atom is -0.379 e. The normalized spacial score (nSPS) is 15.6. The first-order chi connectivity index (χ1) is 23.0. The van der Waals surface area contributed by atoms with Crippen molar-refractivity contribution in [1.29, 1.82) is 0 Å². The van der Waals surface area contributed by atoms with Crippen LogP contribution < -0.4 is 10.0 Å². The van der Waals surface area contributed by atoms with Gasteiger partial charge in [0.2, 0.25) is 5.91 Å². The number of phosphoric ester groups is 1. The molecule has 1 aliphatic heterocycles. The van der Waals surface area contributed by atoms with E-state index in [1.54, 1.807) is 48.5 Å². The summed E-state index contributed by atoms with van der Waals surface area (Å²) in [5.41, 5.74) is 2.19. The number of nitrogens with zero attached hydrogens (tertiary/aromatic N) is 1. The van der Waals surface area contributed by atoms with Crippen molar-refractivity contribution in [3.63, 3.8) is 0 Å². The van der Waals surface area contributed by atoms with Crippen molar-refractivity contribution in [1.82, 2.24) is 14.3 Å². The van der Waals surface area contributed by atoms with Crippen LogP contribution >= 0.6 is 7.82 Å². The van der Waals surface area contributed by atoms with E-state index >= 15 is 0 Å². The number of hydrogen-bond acceptors (Lipinski definition) is 9. The fraction of sp³-hybridized carbons (Fsp3) is 0.412. The Morgan fingerprint density at radius 1 is 0.792 bits per heavy atom. The van der Waals surface area contributed by atoms with Crippen LogP contribution in [0.5, 0.6) is 0 Å². The second-order valence-electron chi connectivity index (χ2n) is 11.8. The highest BCUT2D eigenvalue weighted by molar-refractivity contribution is 7.87. The molecular formula is C34H44N3O9PS. The van der Waals surface area contributed by atoms with Crippen LogP contribution in [0.4, 0.5) is 0 Å². The van der Waals surface area contributed by atoms with E-state index in [9.17, 15) is 22.6 Å². The Balaban J connectivity index is 1.50. The van der Waals surface area contributed by atoms with Gasteiger partial charge in [-0.3, -0.25) is 23.2 Å². The minimum atomic E-state index is -4.28. The third-order valence-corrected chi connectivity index (χ3v) is 10.4. The summed E-state index contributed by atoms with van der Waals surface area (Å²) in [4.78, 5) is 27.4. The molecule has 12 nitrogen and oxygen atoms in total. The molecular weight excluding hydrogens is 657 g/mol. The van der Waals surface area contributed by atoms with Gasteiger partial charge in [0.25, 0.3) is 10.2 Å². The van der Waals surface area contributed by atoms with Gasteiger partial charge in [-0.15, -0.1) is 0 Å². The van der Waals surface area contributed by atoms with Gasteiger partial charge in [0.15, 0.2) is 5.78 Å². The Morgan fingerprint density at radius 3 is 1.79 bits per heavy atom. The first-order valence-electron chi connectivity index (χ1n) is 15.9. The zero-order valence-corrected chi connectivity index (χ0v) is 28.9. The molecule has 0 saturated carbocycles. The molecule has 0 aromatic heterocycles. The third kappa shape index (κ3) is 12.3. The van der Waals surface area contributed by atoms with E-state index in [1.807, 2.05) is 56.3 Å². The van der Waals surface area contributed by atoms with Crippen LogP contribution in [0.15, 0.2) is 91.0 Å². The number of nitrogens with one attached hydrogen (secondary N) is 2. The number of amides is 1. The number of ether oxygens (including phenoxy) is 1. The second-order valence-corrected chi connectivity index (χ2v) is 15.1. The highest BCUT2D eigenvalue weighted by atomic mass is 32.2. The van der Waals surface area contributed by atoms with Crippen LogP contribution in [0.2, 0.25) is 0 Å². The van der Waals surface area contributed by atoms with E-state index in [0.29, 0.717) is 0 Å². The van der Waals surface area contributed by atoms with E-state index in [2.05, 4.69) is 10.0 Å². The van der Waals surface area contributed by atoms with Gasteiger partial charge in [0.05, 0.1) is 32.5 Å². The first kappa shape index (κ1) is 37.6. The molecule has 0 spiro atoms. The van der Waals surface area contributed by atoms with E-state index in [0.717, 1.165) is 16.7 Å². The molecule has 0 radical (unpaired) electrons. The van der Waals surface area contributed by atoms with Crippen molar-refractivity contribution in [2.75, 3.05) is 32.9 Å². The Kier molecular flexibility index (Phi) is 14.5. The zero-order valence-electron chi connectivity index (χ0n) is 27.2. The van der Waals surface area contributed by atoms with Crippen LogP contribution in [0.3, 0.4) is 0 Å². The van der Waals surface area contributed by atoms with Gasteiger partial charge in [0.1, 0.15) is 12.6 Å². The van der Waals surface area contributed by atoms with E-state index < -0.39 is 48.4 Å². The van der Waals surface area contributed by atoms with Crippen molar-refractivity contribution in [3.8, 4) is 0 Å². The zero-order chi connectivity index (χ0) is 34.4. The van der Waals surface area contributed by atoms with Crippen LogP contribution in [-0.4, -0.2) is 69.4 Å². The quantitative estimate of drug-likeness (QED) is 0.173. The largest absolute Gasteiger partial charge is 0.475 e. The fourth-order valence-electron chi connectivity index (χ4n) is 4.90. The Hall–Kier alpha value is -3.26. The Bertz CT molecular complexity index is 1540. The third-order valence-electron chi connectivity index (χ3n) is 7.44. The molecule has 0 bridgehead atoms. The molecule has 1 aliphatic rings. The molecule has 1 fully saturated rings. The molecule has 3 aromatic carbocycles. The molecule has 3 aromatic rings. The van der Waals surface area contributed by atoms with Gasteiger partial charge in [-0.1, -0.05) is 105 Å². The average Bonchev–Trinajstić information content (AvgIpc) is 3.10. The van der Waals surface area contributed by atoms with E-state index in [-0.39, 0.29) is 58.3 Å². The number of morpholine rings is 1. The fourth-order valence-corrected chi connectivity index (χ4v) is 7.36. The monoisotopic (exact) mass is 701 g/mol. The Labute approximate surface area is 282 Å². The van der Waals surface area contributed by atoms with Crippen LogP contribution in [0.25, 0.3) is 0 Å². The molecule has 2 atom stereocenters. The number of ketones is 1. The van der Waals surface area contributed by atoms with Crippen LogP contribution in [0.1, 0.15) is 37.0 Å². The SMILES string of the molecule is CC(C)C[C@H](NS(=O)(=O)N1CCOCC1)C(=O)N[C@@H](Cc1ccccc1)C(=O)COP(=O)(OCc1ccccc1)OCc1ccccc1. The van der Waals surface area contributed by atoms with Crippen molar-refractivity contribution >= 4 is 29.7 Å². The lowest BCUT2D eigenvalue weighted by Gasteiger charge is -2.29. The Morgan fingerprint density at radius 2 is 1.29 bits per heavy atom. The standard InChI is InChI=1S/C34H44N3O9PS/c1-27(2)22-32(36-48(41,42)37-18-20-43-21-19-37)34(39)35-31(23-28-12-6-3-7-13-28)33(38)26-46-47(40,44-24-29-14-8-4-9-15-29)45-25-30-16-10-5-11-17-30/h3-17,27,31-32,36H,18-26H2,1-2H3,(H,35,39)/t31-,32-/m0/s1. The summed E-state index contributed by atoms with van der Waals surface area (Å²) in [5.74, 6) is -1.31. The molecule has 260 valence electrons. The molecule has 1 amide bonds. The van der Waals surface area contributed by atoms with Crippen molar-refractivity contribution < 1.29 is 40.9 Å². The molecule has 0 unspecified atom stereocenters.